The van der Waals surface area contributed by atoms with E-state index in [0.717, 1.165) is 76.8 Å². The van der Waals surface area contributed by atoms with E-state index in [1.54, 1.807) is 12.1 Å². The molecule has 6 heteroatoms. The molecule has 0 radical (unpaired) electrons. The van der Waals surface area contributed by atoms with Crippen molar-refractivity contribution in [3.63, 3.8) is 0 Å². The van der Waals surface area contributed by atoms with Crippen LogP contribution in [0.15, 0.2) is 24.3 Å². The molecule has 190 valence electrons. The van der Waals surface area contributed by atoms with Crippen molar-refractivity contribution in [2.75, 3.05) is 39.3 Å². The lowest BCUT2D eigenvalue weighted by molar-refractivity contribution is -0.137. The van der Waals surface area contributed by atoms with Gasteiger partial charge in [0.2, 0.25) is 11.8 Å². The zero-order chi connectivity index (χ0) is 24.2. The highest BCUT2D eigenvalue weighted by atomic mass is 19.1. The SMILES string of the molecule is CCCCCCCC(=O)N1CCN(CCN(Cc2ccc(F)cc2)C(=O)C2CCCCC2)CC1. The van der Waals surface area contributed by atoms with Crippen LogP contribution in [0, 0.1) is 11.7 Å². The molecule has 0 aromatic heterocycles. The first-order valence-electron chi connectivity index (χ1n) is 13.6. The molecular weight excluding hydrogens is 429 g/mol. The van der Waals surface area contributed by atoms with Crippen LogP contribution in [0.1, 0.15) is 83.1 Å². The molecule has 2 amide bonds. The number of amides is 2. The maximum Gasteiger partial charge on any atom is 0.226 e. The van der Waals surface area contributed by atoms with Crippen LogP contribution >= 0.6 is 0 Å². The predicted molar refractivity (Wildman–Crippen MR) is 135 cm³/mol. The maximum absolute atomic E-state index is 13.4. The van der Waals surface area contributed by atoms with Gasteiger partial charge in [0.15, 0.2) is 0 Å². The molecule has 1 saturated carbocycles. The van der Waals surface area contributed by atoms with Crippen LogP contribution in [0.2, 0.25) is 0 Å². The minimum Gasteiger partial charge on any atom is -0.340 e. The summed E-state index contributed by atoms with van der Waals surface area (Å²) in [6, 6.07) is 6.50. The summed E-state index contributed by atoms with van der Waals surface area (Å²) in [6.07, 6.45) is 12.0. The van der Waals surface area contributed by atoms with Gasteiger partial charge in [0.25, 0.3) is 0 Å². The first-order valence-corrected chi connectivity index (χ1v) is 13.6. The van der Waals surface area contributed by atoms with E-state index in [2.05, 4.69) is 11.8 Å². The third kappa shape index (κ3) is 8.68. The smallest absolute Gasteiger partial charge is 0.226 e. The summed E-state index contributed by atoms with van der Waals surface area (Å²) in [5.41, 5.74) is 0.972. The summed E-state index contributed by atoms with van der Waals surface area (Å²) in [7, 11) is 0. The zero-order valence-electron chi connectivity index (χ0n) is 21.2. The van der Waals surface area contributed by atoms with Gasteiger partial charge in [-0.05, 0) is 37.0 Å². The van der Waals surface area contributed by atoms with Gasteiger partial charge in [-0.25, -0.2) is 4.39 Å². The summed E-state index contributed by atoms with van der Waals surface area (Å²) in [5.74, 6) is 0.422. The van der Waals surface area contributed by atoms with Crippen molar-refractivity contribution in [2.24, 2.45) is 5.92 Å². The van der Waals surface area contributed by atoms with Crippen molar-refractivity contribution < 1.29 is 14.0 Å². The number of hydrogen-bond donors (Lipinski definition) is 0. The Bertz CT molecular complexity index is 741. The van der Waals surface area contributed by atoms with Crippen molar-refractivity contribution in [1.29, 1.82) is 0 Å². The molecule has 3 rings (SSSR count). The molecule has 34 heavy (non-hydrogen) atoms. The predicted octanol–water partition coefficient (Wildman–Crippen LogP) is 5.24. The first kappa shape index (κ1) is 26.7. The number of piperazine rings is 1. The third-order valence-electron chi connectivity index (χ3n) is 7.46. The Morgan fingerprint density at radius 1 is 0.941 bits per heavy atom. The van der Waals surface area contributed by atoms with Crippen molar-refractivity contribution in [1.82, 2.24) is 14.7 Å². The second-order valence-corrected chi connectivity index (χ2v) is 10.1. The summed E-state index contributed by atoms with van der Waals surface area (Å²) < 4.78 is 13.4. The Labute approximate surface area is 205 Å². The Morgan fingerprint density at radius 3 is 2.29 bits per heavy atom. The average molecular weight is 474 g/mol. The molecule has 5 nitrogen and oxygen atoms in total. The first-order chi connectivity index (χ1) is 16.6. The fourth-order valence-corrected chi connectivity index (χ4v) is 5.21. The number of carbonyl (C=O) groups is 2. The molecule has 0 atom stereocenters. The molecule has 0 N–H and O–H groups in total. The standard InChI is InChI=1S/C28H44FN3O2/c1-2-3-4-5-9-12-27(33)31-20-17-30(18-21-31)19-22-32(23-24-13-15-26(29)16-14-24)28(34)25-10-7-6-8-11-25/h13-16,25H,2-12,17-23H2,1H3. The number of unbranched alkanes of at least 4 members (excludes halogenated alkanes) is 4. The van der Waals surface area contributed by atoms with Crippen LogP contribution in [-0.4, -0.2) is 65.8 Å². The molecule has 1 aromatic rings. The van der Waals surface area contributed by atoms with Crippen LogP contribution in [0.5, 0.6) is 0 Å². The number of halogens is 1. The van der Waals surface area contributed by atoms with E-state index in [4.69, 9.17) is 0 Å². The number of carbonyl (C=O) groups excluding carboxylic acids is 2. The van der Waals surface area contributed by atoms with E-state index in [1.807, 2.05) is 9.80 Å². The van der Waals surface area contributed by atoms with E-state index in [1.165, 1.54) is 37.8 Å². The molecule has 1 aliphatic heterocycles. The summed E-state index contributed by atoms with van der Waals surface area (Å²) in [5, 5.41) is 0. The molecular formula is C28H44FN3O2. The lowest BCUT2D eigenvalue weighted by Crippen LogP contribution is -2.51. The van der Waals surface area contributed by atoms with Crippen LogP contribution < -0.4 is 0 Å². The topological polar surface area (TPSA) is 43.9 Å². The highest BCUT2D eigenvalue weighted by Gasteiger charge is 2.27. The van der Waals surface area contributed by atoms with Gasteiger partial charge in [0.05, 0.1) is 0 Å². The number of nitrogens with zero attached hydrogens (tertiary/aromatic N) is 3. The quantitative estimate of drug-likeness (QED) is 0.390. The van der Waals surface area contributed by atoms with Gasteiger partial charge in [-0.2, -0.15) is 0 Å². The fourth-order valence-electron chi connectivity index (χ4n) is 5.21. The van der Waals surface area contributed by atoms with E-state index in [9.17, 15) is 14.0 Å². The monoisotopic (exact) mass is 473 g/mol. The van der Waals surface area contributed by atoms with E-state index in [-0.39, 0.29) is 17.6 Å². The van der Waals surface area contributed by atoms with Gasteiger partial charge in [-0.15, -0.1) is 0 Å². The van der Waals surface area contributed by atoms with Crippen LogP contribution in [0.4, 0.5) is 4.39 Å². The molecule has 2 fully saturated rings. The highest BCUT2D eigenvalue weighted by Crippen LogP contribution is 2.26. The van der Waals surface area contributed by atoms with Gasteiger partial charge >= 0.3 is 0 Å². The Morgan fingerprint density at radius 2 is 1.62 bits per heavy atom. The van der Waals surface area contributed by atoms with Crippen molar-refractivity contribution in [3.8, 4) is 0 Å². The van der Waals surface area contributed by atoms with Gasteiger partial charge in [-0.1, -0.05) is 64.0 Å². The van der Waals surface area contributed by atoms with E-state index >= 15 is 0 Å². The lowest BCUT2D eigenvalue weighted by Gasteiger charge is -2.36. The molecule has 0 bridgehead atoms. The van der Waals surface area contributed by atoms with Crippen molar-refractivity contribution in [2.45, 2.75) is 84.1 Å². The normalized spacial score (nSPS) is 17.6. The van der Waals surface area contributed by atoms with Crippen LogP contribution in [0.25, 0.3) is 0 Å². The molecule has 2 aliphatic rings. The summed E-state index contributed by atoms with van der Waals surface area (Å²) in [4.78, 5) is 32.2. The van der Waals surface area contributed by atoms with Gasteiger partial charge in [0.1, 0.15) is 5.82 Å². The number of rotatable bonds is 12. The number of hydrogen-bond acceptors (Lipinski definition) is 3. The third-order valence-corrected chi connectivity index (χ3v) is 7.46. The minimum atomic E-state index is -0.248. The zero-order valence-corrected chi connectivity index (χ0v) is 21.2. The second kappa shape index (κ2) is 14.4. The maximum atomic E-state index is 13.4. The average Bonchev–Trinajstić information content (AvgIpc) is 2.88. The lowest BCUT2D eigenvalue weighted by atomic mass is 9.88. The minimum absolute atomic E-state index is 0.126. The second-order valence-electron chi connectivity index (χ2n) is 10.1. The Balaban J connectivity index is 1.46. The van der Waals surface area contributed by atoms with Crippen molar-refractivity contribution >= 4 is 11.8 Å². The van der Waals surface area contributed by atoms with E-state index in [0.29, 0.717) is 25.4 Å². The van der Waals surface area contributed by atoms with Gasteiger partial charge < -0.3 is 9.80 Å². The van der Waals surface area contributed by atoms with Gasteiger partial charge in [-0.3, -0.25) is 14.5 Å². The number of benzene rings is 1. The highest BCUT2D eigenvalue weighted by molar-refractivity contribution is 5.79. The fraction of sp³-hybridized carbons (Fsp3) is 0.714. The largest absolute Gasteiger partial charge is 0.340 e. The van der Waals surface area contributed by atoms with Crippen LogP contribution in [0.3, 0.4) is 0 Å². The molecule has 0 spiro atoms. The van der Waals surface area contributed by atoms with Gasteiger partial charge in [0, 0.05) is 58.2 Å². The molecule has 1 aromatic carbocycles. The Kier molecular flexibility index (Phi) is 11.3. The molecule has 1 heterocycles. The Hall–Kier alpha value is -1.95. The van der Waals surface area contributed by atoms with E-state index < -0.39 is 0 Å². The molecule has 1 aliphatic carbocycles. The molecule has 0 unspecified atom stereocenters. The summed E-state index contributed by atoms with van der Waals surface area (Å²) in [6.45, 7) is 7.53. The van der Waals surface area contributed by atoms with Crippen LogP contribution in [-0.2, 0) is 16.1 Å². The molecule has 1 saturated heterocycles. The van der Waals surface area contributed by atoms with Crippen molar-refractivity contribution in [3.05, 3.63) is 35.6 Å². The summed E-state index contributed by atoms with van der Waals surface area (Å²) >= 11 is 0.